The van der Waals surface area contributed by atoms with Crippen LogP contribution in [-0.2, 0) is 9.59 Å². The third kappa shape index (κ3) is 3.56. The summed E-state index contributed by atoms with van der Waals surface area (Å²) in [5.41, 5.74) is 7.26. The Labute approximate surface area is 148 Å². The third-order valence-corrected chi connectivity index (χ3v) is 3.87. The molecule has 7 heteroatoms. The van der Waals surface area contributed by atoms with Crippen LogP contribution in [0.1, 0.15) is 17.2 Å². The van der Waals surface area contributed by atoms with Crippen molar-refractivity contribution in [2.75, 3.05) is 5.32 Å². The predicted octanol–water partition coefficient (Wildman–Crippen LogP) is 2.28. The first kappa shape index (κ1) is 17.2. The van der Waals surface area contributed by atoms with Gasteiger partial charge >= 0.3 is 5.63 Å². The second kappa shape index (κ2) is 7.10. The predicted molar refractivity (Wildman–Crippen MR) is 95.9 cm³/mol. The Hall–Kier alpha value is -3.61. The lowest BCUT2D eigenvalue weighted by Crippen LogP contribution is -2.26. The van der Waals surface area contributed by atoms with Crippen molar-refractivity contribution in [2.24, 2.45) is 5.73 Å². The lowest BCUT2D eigenvalue weighted by Gasteiger charge is -2.17. The number of carbonyl (C=O) groups is 2. The Morgan fingerprint density at radius 2 is 1.92 bits per heavy atom. The van der Waals surface area contributed by atoms with Crippen LogP contribution < -0.4 is 21.4 Å². The van der Waals surface area contributed by atoms with Crippen molar-refractivity contribution in [3.05, 3.63) is 70.1 Å². The maximum atomic E-state index is 11.8. The van der Waals surface area contributed by atoms with Gasteiger partial charge in [-0.1, -0.05) is 12.1 Å². The van der Waals surface area contributed by atoms with E-state index in [2.05, 4.69) is 5.32 Å². The van der Waals surface area contributed by atoms with E-state index in [4.69, 9.17) is 14.9 Å². The fourth-order valence-electron chi connectivity index (χ4n) is 2.63. The molecular formula is C19H16N2O5. The molecule has 1 atom stereocenters. The van der Waals surface area contributed by atoms with Crippen molar-refractivity contribution in [3.8, 4) is 5.75 Å². The second-order valence-corrected chi connectivity index (χ2v) is 5.69. The number of aryl methyl sites for hydroxylation is 1. The van der Waals surface area contributed by atoms with Crippen LogP contribution in [0.15, 0.2) is 57.7 Å². The Morgan fingerprint density at radius 1 is 1.19 bits per heavy atom. The van der Waals surface area contributed by atoms with Gasteiger partial charge in [0.05, 0.1) is 0 Å². The lowest BCUT2D eigenvalue weighted by atomic mass is 10.1. The van der Waals surface area contributed by atoms with Crippen LogP contribution in [0.25, 0.3) is 11.0 Å². The van der Waals surface area contributed by atoms with Crippen molar-refractivity contribution in [1.82, 2.24) is 0 Å². The van der Waals surface area contributed by atoms with Crippen molar-refractivity contribution < 1.29 is 18.7 Å². The van der Waals surface area contributed by atoms with Gasteiger partial charge in [-0.15, -0.1) is 0 Å². The fourth-order valence-corrected chi connectivity index (χ4v) is 2.63. The third-order valence-electron chi connectivity index (χ3n) is 3.87. The molecule has 0 aliphatic heterocycles. The molecule has 2 amide bonds. The van der Waals surface area contributed by atoms with E-state index in [1.807, 2.05) is 0 Å². The number of ether oxygens (including phenoxy) is 1. The van der Waals surface area contributed by atoms with Crippen molar-refractivity contribution in [2.45, 2.75) is 13.0 Å². The number of nitrogens with two attached hydrogens (primary N) is 1. The molecule has 1 heterocycles. The average Bonchev–Trinajstić information content (AvgIpc) is 2.60. The van der Waals surface area contributed by atoms with Crippen LogP contribution in [0.4, 0.5) is 5.69 Å². The topological polar surface area (TPSA) is 112 Å². The molecule has 3 rings (SSSR count). The van der Waals surface area contributed by atoms with Gasteiger partial charge in [0.2, 0.25) is 12.5 Å². The van der Waals surface area contributed by atoms with Crippen LogP contribution in [0, 0.1) is 6.92 Å². The molecule has 3 aromatic rings. The van der Waals surface area contributed by atoms with Crippen LogP contribution in [0.2, 0.25) is 0 Å². The van der Waals surface area contributed by atoms with Gasteiger partial charge in [-0.25, -0.2) is 4.79 Å². The summed E-state index contributed by atoms with van der Waals surface area (Å²) in [5, 5.41) is 3.28. The number of benzene rings is 2. The van der Waals surface area contributed by atoms with Gasteiger partial charge in [0, 0.05) is 28.8 Å². The first-order chi connectivity index (χ1) is 12.5. The number of primary amides is 1. The number of anilines is 1. The monoisotopic (exact) mass is 352 g/mol. The maximum absolute atomic E-state index is 11.8. The van der Waals surface area contributed by atoms with E-state index in [1.165, 1.54) is 6.07 Å². The molecule has 0 saturated heterocycles. The Kier molecular flexibility index (Phi) is 4.70. The second-order valence-electron chi connectivity index (χ2n) is 5.69. The summed E-state index contributed by atoms with van der Waals surface area (Å²) in [6.45, 7) is 1.81. The number of carbonyl (C=O) groups excluding carboxylic acids is 2. The molecule has 0 aliphatic rings. The van der Waals surface area contributed by atoms with E-state index < -0.39 is 17.6 Å². The van der Waals surface area contributed by atoms with E-state index in [-0.39, 0.29) is 0 Å². The Bertz CT molecular complexity index is 1020. The van der Waals surface area contributed by atoms with Gasteiger partial charge in [0.1, 0.15) is 11.3 Å². The van der Waals surface area contributed by atoms with Gasteiger partial charge in [-0.2, -0.15) is 0 Å². The SMILES string of the molecule is Cc1cc(=O)oc2cc(OC(C(N)=O)c3ccc(NC=O)cc3)ccc12. The molecule has 0 radical (unpaired) electrons. The first-order valence-electron chi connectivity index (χ1n) is 7.78. The van der Waals surface area contributed by atoms with E-state index >= 15 is 0 Å². The number of hydrogen-bond acceptors (Lipinski definition) is 5. The van der Waals surface area contributed by atoms with Crippen LogP contribution in [-0.4, -0.2) is 12.3 Å². The summed E-state index contributed by atoms with van der Waals surface area (Å²) in [4.78, 5) is 33.8. The molecule has 0 spiro atoms. The smallest absolute Gasteiger partial charge is 0.336 e. The van der Waals surface area contributed by atoms with Gasteiger partial charge in [0.15, 0.2) is 0 Å². The molecule has 1 aromatic heterocycles. The van der Waals surface area contributed by atoms with Crippen molar-refractivity contribution in [3.63, 3.8) is 0 Å². The van der Waals surface area contributed by atoms with Gasteiger partial charge < -0.3 is 20.2 Å². The molecule has 26 heavy (non-hydrogen) atoms. The molecule has 0 aliphatic carbocycles. The highest BCUT2D eigenvalue weighted by molar-refractivity contribution is 5.83. The number of hydrogen-bond donors (Lipinski definition) is 2. The molecule has 1 unspecified atom stereocenters. The van der Waals surface area contributed by atoms with Crippen LogP contribution >= 0.6 is 0 Å². The summed E-state index contributed by atoms with van der Waals surface area (Å²) in [7, 11) is 0. The van der Waals surface area contributed by atoms with E-state index in [0.29, 0.717) is 29.0 Å². The van der Waals surface area contributed by atoms with E-state index in [0.717, 1.165) is 10.9 Å². The Morgan fingerprint density at radius 3 is 2.58 bits per heavy atom. The van der Waals surface area contributed by atoms with Crippen LogP contribution in [0.5, 0.6) is 5.75 Å². The highest BCUT2D eigenvalue weighted by Gasteiger charge is 2.20. The summed E-state index contributed by atoms with van der Waals surface area (Å²) in [6, 6.07) is 12.9. The summed E-state index contributed by atoms with van der Waals surface area (Å²) < 4.78 is 10.9. The standard InChI is InChI=1S/C19H16N2O5/c1-11-8-17(23)26-16-9-14(6-7-15(11)16)25-18(19(20)24)12-2-4-13(5-3-12)21-10-22/h2-10,18H,1H3,(H2,20,24)(H,21,22). The fraction of sp³-hybridized carbons (Fsp3) is 0.105. The number of nitrogens with one attached hydrogen (secondary N) is 1. The highest BCUT2D eigenvalue weighted by Crippen LogP contribution is 2.27. The quantitative estimate of drug-likeness (QED) is 0.522. The molecule has 0 saturated carbocycles. The largest absolute Gasteiger partial charge is 0.476 e. The minimum atomic E-state index is -1.03. The first-order valence-corrected chi connectivity index (χ1v) is 7.78. The Balaban J connectivity index is 1.93. The highest BCUT2D eigenvalue weighted by atomic mass is 16.5. The van der Waals surface area contributed by atoms with E-state index in [9.17, 15) is 14.4 Å². The zero-order chi connectivity index (χ0) is 18.7. The normalized spacial score (nSPS) is 11.7. The van der Waals surface area contributed by atoms with Crippen molar-refractivity contribution in [1.29, 1.82) is 0 Å². The minimum Gasteiger partial charge on any atom is -0.476 e. The number of fused-ring (bicyclic) bond motifs is 1. The maximum Gasteiger partial charge on any atom is 0.336 e. The summed E-state index contributed by atoms with van der Waals surface area (Å²) >= 11 is 0. The molecule has 7 nitrogen and oxygen atoms in total. The molecule has 132 valence electrons. The molecule has 0 bridgehead atoms. The average molecular weight is 352 g/mol. The summed E-state index contributed by atoms with van der Waals surface area (Å²) in [6.07, 6.45) is -0.476. The van der Waals surface area contributed by atoms with E-state index in [1.54, 1.807) is 49.4 Å². The number of rotatable bonds is 6. The lowest BCUT2D eigenvalue weighted by molar-refractivity contribution is -0.125. The number of amides is 2. The zero-order valence-electron chi connectivity index (χ0n) is 13.9. The van der Waals surface area contributed by atoms with Crippen LogP contribution in [0.3, 0.4) is 0 Å². The van der Waals surface area contributed by atoms with Crippen molar-refractivity contribution >= 4 is 29.0 Å². The van der Waals surface area contributed by atoms with Gasteiger partial charge in [-0.05, 0) is 36.8 Å². The summed E-state index contributed by atoms with van der Waals surface area (Å²) in [5.74, 6) is -0.336. The molecule has 0 fully saturated rings. The minimum absolute atomic E-state index is 0.338. The molecular weight excluding hydrogens is 336 g/mol. The zero-order valence-corrected chi connectivity index (χ0v) is 13.9. The van der Waals surface area contributed by atoms with Gasteiger partial charge in [-0.3, -0.25) is 9.59 Å². The van der Waals surface area contributed by atoms with Gasteiger partial charge in [0.25, 0.3) is 5.91 Å². The molecule has 3 N–H and O–H groups in total. The molecule has 2 aromatic carbocycles.